The van der Waals surface area contributed by atoms with Gasteiger partial charge in [-0.05, 0) is 30.5 Å². The SMILES string of the molecule is Cc1cccc(C)c1CNCc1csc(=O)[nH]1. The van der Waals surface area contributed by atoms with E-state index in [2.05, 4.69) is 42.3 Å². The van der Waals surface area contributed by atoms with Gasteiger partial charge in [-0.2, -0.15) is 0 Å². The Kier molecular flexibility index (Phi) is 3.76. The molecular weight excluding hydrogens is 232 g/mol. The lowest BCUT2D eigenvalue weighted by molar-refractivity contribution is 0.676. The maximum atomic E-state index is 11.0. The summed E-state index contributed by atoms with van der Waals surface area (Å²) in [6.07, 6.45) is 0. The van der Waals surface area contributed by atoms with Crippen LogP contribution in [0.2, 0.25) is 0 Å². The molecule has 0 aliphatic heterocycles. The molecule has 0 atom stereocenters. The third-order valence-electron chi connectivity index (χ3n) is 2.83. The van der Waals surface area contributed by atoms with Crippen LogP contribution in [-0.4, -0.2) is 4.98 Å². The average molecular weight is 248 g/mol. The van der Waals surface area contributed by atoms with Gasteiger partial charge in [0.2, 0.25) is 0 Å². The Bertz CT molecular complexity index is 536. The summed E-state index contributed by atoms with van der Waals surface area (Å²) < 4.78 is 0. The van der Waals surface area contributed by atoms with Gasteiger partial charge in [-0.1, -0.05) is 29.5 Å². The molecule has 0 spiro atoms. The van der Waals surface area contributed by atoms with E-state index in [9.17, 15) is 4.79 Å². The molecule has 0 unspecified atom stereocenters. The maximum Gasteiger partial charge on any atom is 0.304 e. The number of aromatic amines is 1. The molecule has 0 fully saturated rings. The third-order valence-corrected chi connectivity index (χ3v) is 3.55. The topological polar surface area (TPSA) is 44.9 Å². The molecule has 0 aliphatic carbocycles. The number of hydrogen-bond donors (Lipinski definition) is 2. The van der Waals surface area contributed by atoms with Crippen LogP contribution in [0, 0.1) is 13.8 Å². The summed E-state index contributed by atoms with van der Waals surface area (Å²) in [6.45, 7) is 5.77. The van der Waals surface area contributed by atoms with E-state index in [4.69, 9.17) is 0 Å². The van der Waals surface area contributed by atoms with Crippen molar-refractivity contribution in [3.8, 4) is 0 Å². The van der Waals surface area contributed by atoms with Gasteiger partial charge in [-0.25, -0.2) is 0 Å². The number of benzene rings is 1. The molecule has 0 bridgehead atoms. The highest BCUT2D eigenvalue weighted by Gasteiger charge is 2.02. The third kappa shape index (κ3) is 3.05. The van der Waals surface area contributed by atoms with Crippen molar-refractivity contribution < 1.29 is 0 Å². The Balaban J connectivity index is 1.96. The molecule has 2 N–H and O–H groups in total. The molecule has 3 nitrogen and oxygen atoms in total. The summed E-state index contributed by atoms with van der Waals surface area (Å²) in [5, 5.41) is 5.21. The van der Waals surface area contributed by atoms with Gasteiger partial charge in [-0.15, -0.1) is 0 Å². The lowest BCUT2D eigenvalue weighted by Gasteiger charge is -2.10. The Morgan fingerprint density at radius 1 is 1.24 bits per heavy atom. The summed E-state index contributed by atoms with van der Waals surface area (Å²) in [4.78, 5) is 13.8. The first-order valence-corrected chi connectivity index (χ1v) is 6.47. The van der Waals surface area contributed by atoms with Crippen LogP contribution in [0.15, 0.2) is 28.4 Å². The highest BCUT2D eigenvalue weighted by molar-refractivity contribution is 7.07. The molecule has 0 saturated carbocycles. The largest absolute Gasteiger partial charge is 0.315 e. The van der Waals surface area contributed by atoms with Crippen molar-refractivity contribution in [1.29, 1.82) is 0 Å². The number of rotatable bonds is 4. The number of hydrogen-bond acceptors (Lipinski definition) is 3. The zero-order valence-electron chi connectivity index (χ0n) is 10.0. The standard InChI is InChI=1S/C13H16N2OS/c1-9-4-3-5-10(2)12(9)7-14-6-11-8-17-13(16)15-11/h3-5,8,14H,6-7H2,1-2H3,(H,15,16). The first-order valence-electron chi connectivity index (χ1n) is 5.59. The van der Waals surface area contributed by atoms with Crippen molar-refractivity contribution in [3.63, 3.8) is 0 Å². The van der Waals surface area contributed by atoms with E-state index in [0.29, 0.717) is 6.54 Å². The van der Waals surface area contributed by atoms with E-state index in [0.717, 1.165) is 12.2 Å². The van der Waals surface area contributed by atoms with Crippen LogP contribution in [-0.2, 0) is 13.1 Å². The summed E-state index contributed by atoms with van der Waals surface area (Å²) in [6, 6.07) is 6.32. The molecule has 90 valence electrons. The van der Waals surface area contributed by atoms with E-state index in [1.54, 1.807) is 0 Å². The molecule has 0 aliphatic rings. The Hall–Kier alpha value is -1.39. The second kappa shape index (κ2) is 5.29. The minimum Gasteiger partial charge on any atom is -0.315 e. The van der Waals surface area contributed by atoms with Crippen molar-refractivity contribution in [2.45, 2.75) is 26.9 Å². The number of aryl methyl sites for hydroxylation is 2. The van der Waals surface area contributed by atoms with Gasteiger partial charge in [-0.3, -0.25) is 4.79 Å². The van der Waals surface area contributed by atoms with E-state index in [-0.39, 0.29) is 4.87 Å². The smallest absolute Gasteiger partial charge is 0.304 e. The second-order valence-corrected chi connectivity index (χ2v) is 4.99. The number of aromatic nitrogens is 1. The lowest BCUT2D eigenvalue weighted by atomic mass is 10.0. The lowest BCUT2D eigenvalue weighted by Crippen LogP contribution is -2.15. The van der Waals surface area contributed by atoms with E-state index in [1.165, 1.54) is 28.0 Å². The minimum atomic E-state index is 0.00822. The number of H-pyrrole nitrogens is 1. The van der Waals surface area contributed by atoms with Crippen LogP contribution >= 0.6 is 11.3 Å². The summed E-state index contributed by atoms with van der Waals surface area (Å²) in [5.74, 6) is 0. The zero-order chi connectivity index (χ0) is 12.3. The summed E-state index contributed by atoms with van der Waals surface area (Å²) in [7, 11) is 0. The number of nitrogens with one attached hydrogen (secondary N) is 2. The van der Waals surface area contributed by atoms with Crippen molar-refractivity contribution in [3.05, 3.63) is 55.6 Å². The highest BCUT2D eigenvalue weighted by atomic mass is 32.1. The normalized spacial score (nSPS) is 10.7. The Labute approximate surface area is 105 Å². The molecule has 2 rings (SSSR count). The zero-order valence-corrected chi connectivity index (χ0v) is 10.9. The molecular formula is C13H16N2OS. The fourth-order valence-corrected chi connectivity index (χ4v) is 2.43. The van der Waals surface area contributed by atoms with Crippen LogP contribution in [0.4, 0.5) is 0 Å². The molecule has 1 aromatic carbocycles. The van der Waals surface area contributed by atoms with Gasteiger partial charge in [0.25, 0.3) is 0 Å². The van der Waals surface area contributed by atoms with Gasteiger partial charge in [0.05, 0.1) is 0 Å². The van der Waals surface area contributed by atoms with Crippen molar-refractivity contribution >= 4 is 11.3 Å². The first kappa shape index (κ1) is 12.1. The fourth-order valence-electron chi connectivity index (χ4n) is 1.85. The number of thiazole rings is 1. The molecule has 0 amide bonds. The van der Waals surface area contributed by atoms with E-state index >= 15 is 0 Å². The van der Waals surface area contributed by atoms with Gasteiger partial charge in [0, 0.05) is 24.2 Å². The molecule has 0 radical (unpaired) electrons. The second-order valence-electron chi connectivity index (χ2n) is 4.15. The molecule has 2 aromatic rings. The predicted octanol–water partition coefficient (Wildman–Crippen LogP) is 2.34. The maximum absolute atomic E-state index is 11.0. The van der Waals surface area contributed by atoms with Crippen molar-refractivity contribution in [2.75, 3.05) is 0 Å². The van der Waals surface area contributed by atoms with Crippen molar-refractivity contribution in [2.24, 2.45) is 0 Å². The van der Waals surface area contributed by atoms with Gasteiger partial charge < -0.3 is 10.3 Å². The van der Waals surface area contributed by atoms with Gasteiger partial charge in [0.15, 0.2) is 0 Å². The van der Waals surface area contributed by atoms with Crippen LogP contribution < -0.4 is 10.2 Å². The molecule has 4 heteroatoms. The molecule has 0 saturated heterocycles. The highest BCUT2D eigenvalue weighted by Crippen LogP contribution is 2.12. The molecule has 1 heterocycles. The summed E-state index contributed by atoms with van der Waals surface area (Å²) in [5.41, 5.74) is 4.89. The summed E-state index contributed by atoms with van der Waals surface area (Å²) >= 11 is 1.21. The monoisotopic (exact) mass is 248 g/mol. The van der Waals surface area contributed by atoms with Crippen molar-refractivity contribution in [1.82, 2.24) is 10.3 Å². The molecule has 1 aromatic heterocycles. The van der Waals surface area contributed by atoms with Crippen LogP contribution in [0.5, 0.6) is 0 Å². The Morgan fingerprint density at radius 2 is 1.94 bits per heavy atom. The van der Waals surface area contributed by atoms with E-state index < -0.39 is 0 Å². The minimum absolute atomic E-state index is 0.00822. The van der Waals surface area contributed by atoms with Gasteiger partial charge in [0.1, 0.15) is 0 Å². The van der Waals surface area contributed by atoms with Crippen LogP contribution in [0.25, 0.3) is 0 Å². The quantitative estimate of drug-likeness (QED) is 0.872. The van der Waals surface area contributed by atoms with E-state index in [1.807, 2.05) is 5.38 Å². The molecule has 17 heavy (non-hydrogen) atoms. The van der Waals surface area contributed by atoms with Crippen LogP contribution in [0.3, 0.4) is 0 Å². The first-order chi connectivity index (χ1) is 8.16. The average Bonchev–Trinajstić information content (AvgIpc) is 2.69. The van der Waals surface area contributed by atoms with Gasteiger partial charge >= 0.3 is 4.87 Å². The van der Waals surface area contributed by atoms with Crippen LogP contribution in [0.1, 0.15) is 22.4 Å². The predicted molar refractivity (Wildman–Crippen MR) is 71.4 cm³/mol. The fraction of sp³-hybridized carbons (Fsp3) is 0.308. The Morgan fingerprint density at radius 3 is 2.53 bits per heavy atom.